The standard InChI is InChI=1S/C9H19NO/c1-5-9(11)6-8(4)10-7(2)3/h7-8,10H,5-6H2,1-4H3. The molecule has 0 heterocycles. The van der Waals surface area contributed by atoms with Gasteiger partial charge >= 0.3 is 0 Å². The summed E-state index contributed by atoms with van der Waals surface area (Å²) >= 11 is 0. The van der Waals surface area contributed by atoms with Crippen LogP contribution in [0.4, 0.5) is 0 Å². The van der Waals surface area contributed by atoms with E-state index >= 15 is 0 Å². The van der Waals surface area contributed by atoms with Crippen LogP contribution in [0.1, 0.15) is 40.5 Å². The Kier molecular flexibility index (Phi) is 5.12. The highest BCUT2D eigenvalue weighted by Crippen LogP contribution is 1.96. The van der Waals surface area contributed by atoms with E-state index in [2.05, 4.69) is 19.2 Å². The van der Waals surface area contributed by atoms with Gasteiger partial charge in [0.2, 0.25) is 0 Å². The number of nitrogens with one attached hydrogen (secondary N) is 1. The second kappa shape index (κ2) is 5.30. The first kappa shape index (κ1) is 10.6. The number of carbonyl (C=O) groups is 1. The van der Waals surface area contributed by atoms with Gasteiger partial charge in [0, 0.05) is 24.9 Å². The van der Waals surface area contributed by atoms with Crippen LogP contribution in [0, 0.1) is 0 Å². The third-order valence-corrected chi connectivity index (χ3v) is 1.55. The van der Waals surface area contributed by atoms with Gasteiger partial charge in [-0.25, -0.2) is 0 Å². The van der Waals surface area contributed by atoms with Crippen molar-refractivity contribution in [3.63, 3.8) is 0 Å². The lowest BCUT2D eigenvalue weighted by molar-refractivity contribution is -0.119. The molecule has 0 saturated heterocycles. The zero-order valence-electron chi connectivity index (χ0n) is 7.98. The van der Waals surface area contributed by atoms with Gasteiger partial charge in [-0.15, -0.1) is 0 Å². The largest absolute Gasteiger partial charge is 0.312 e. The highest BCUT2D eigenvalue weighted by atomic mass is 16.1. The lowest BCUT2D eigenvalue weighted by atomic mass is 10.1. The van der Waals surface area contributed by atoms with Crippen molar-refractivity contribution in [1.29, 1.82) is 0 Å². The molecule has 0 saturated carbocycles. The first-order valence-electron chi connectivity index (χ1n) is 4.34. The van der Waals surface area contributed by atoms with Crippen molar-refractivity contribution in [2.24, 2.45) is 0 Å². The van der Waals surface area contributed by atoms with Crippen molar-refractivity contribution in [3.05, 3.63) is 0 Å². The molecule has 0 aliphatic carbocycles. The Balaban J connectivity index is 3.51. The molecule has 2 heteroatoms. The molecule has 0 aromatic carbocycles. The summed E-state index contributed by atoms with van der Waals surface area (Å²) < 4.78 is 0. The Bertz CT molecular complexity index is 121. The quantitative estimate of drug-likeness (QED) is 0.658. The topological polar surface area (TPSA) is 29.1 Å². The maximum absolute atomic E-state index is 11.0. The summed E-state index contributed by atoms with van der Waals surface area (Å²) in [4.78, 5) is 11.0. The zero-order valence-corrected chi connectivity index (χ0v) is 7.98. The average Bonchev–Trinajstić information content (AvgIpc) is 1.85. The number of Topliss-reactive ketones (excluding diaryl/α,β-unsaturated/α-hetero) is 1. The van der Waals surface area contributed by atoms with Gasteiger partial charge in [0.1, 0.15) is 5.78 Å². The van der Waals surface area contributed by atoms with Gasteiger partial charge in [-0.1, -0.05) is 20.8 Å². The second-order valence-corrected chi connectivity index (χ2v) is 3.32. The third-order valence-electron chi connectivity index (χ3n) is 1.55. The summed E-state index contributed by atoms with van der Waals surface area (Å²) in [6, 6.07) is 0.789. The van der Waals surface area contributed by atoms with E-state index in [9.17, 15) is 4.79 Å². The van der Waals surface area contributed by atoms with Gasteiger partial charge in [0.15, 0.2) is 0 Å². The van der Waals surface area contributed by atoms with E-state index < -0.39 is 0 Å². The number of rotatable bonds is 5. The van der Waals surface area contributed by atoms with Gasteiger partial charge in [0.05, 0.1) is 0 Å². The van der Waals surface area contributed by atoms with Crippen LogP contribution in [0.5, 0.6) is 0 Å². The molecule has 0 aliphatic heterocycles. The lowest BCUT2D eigenvalue weighted by Crippen LogP contribution is -2.33. The first-order chi connectivity index (χ1) is 5.06. The van der Waals surface area contributed by atoms with E-state index in [1.54, 1.807) is 0 Å². The Hall–Kier alpha value is -0.370. The summed E-state index contributed by atoms with van der Waals surface area (Å²) in [6.45, 7) is 8.14. The van der Waals surface area contributed by atoms with E-state index in [4.69, 9.17) is 0 Å². The van der Waals surface area contributed by atoms with Gasteiger partial charge in [-0.2, -0.15) is 0 Å². The Labute approximate surface area is 69.4 Å². The van der Waals surface area contributed by atoms with Crippen molar-refractivity contribution >= 4 is 5.78 Å². The molecule has 0 amide bonds. The average molecular weight is 157 g/mol. The smallest absolute Gasteiger partial charge is 0.134 e. The lowest BCUT2D eigenvalue weighted by Gasteiger charge is -2.15. The zero-order chi connectivity index (χ0) is 8.85. The molecule has 1 unspecified atom stereocenters. The number of carbonyl (C=O) groups excluding carboxylic acids is 1. The van der Waals surface area contributed by atoms with Crippen molar-refractivity contribution in [3.8, 4) is 0 Å². The predicted molar refractivity (Wildman–Crippen MR) is 47.6 cm³/mol. The van der Waals surface area contributed by atoms with Crippen LogP contribution in [0.15, 0.2) is 0 Å². The minimum atomic E-state index is 0.322. The molecule has 11 heavy (non-hydrogen) atoms. The molecular weight excluding hydrogens is 138 g/mol. The van der Waals surface area contributed by atoms with Crippen molar-refractivity contribution < 1.29 is 4.79 Å². The normalized spacial score (nSPS) is 13.5. The molecule has 0 aliphatic rings. The molecule has 2 nitrogen and oxygen atoms in total. The number of ketones is 1. The second-order valence-electron chi connectivity index (χ2n) is 3.32. The van der Waals surface area contributed by atoms with Gasteiger partial charge < -0.3 is 5.32 Å². The molecular formula is C9H19NO. The molecule has 0 bridgehead atoms. The molecule has 0 spiro atoms. The minimum Gasteiger partial charge on any atom is -0.312 e. The molecule has 0 rings (SSSR count). The summed E-state index contributed by atoms with van der Waals surface area (Å²) in [5.41, 5.74) is 0. The van der Waals surface area contributed by atoms with Crippen molar-refractivity contribution in [2.75, 3.05) is 0 Å². The third kappa shape index (κ3) is 6.05. The number of hydrogen-bond acceptors (Lipinski definition) is 2. The monoisotopic (exact) mass is 157 g/mol. The van der Waals surface area contributed by atoms with E-state index in [0.717, 1.165) is 0 Å². The van der Waals surface area contributed by atoms with Crippen LogP contribution >= 0.6 is 0 Å². The van der Waals surface area contributed by atoms with Crippen molar-refractivity contribution in [2.45, 2.75) is 52.6 Å². The van der Waals surface area contributed by atoms with Crippen LogP contribution in [0.25, 0.3) is 0 Å². The Morgan fingerprint density at radius 3 is 2.27 bits per heavy atom. The minimum absolute atomic E-state index is 0.322. The van der Waals surface area contributed by atoms with E-state index in [1.807, 2.05) is 13.8 Å². The van der Waals surface area contributed by atoms with Crippen LogP contribution in [-0.2, 0) is 4.79 Å². The predicted octanol–water partition coefficient (Wildman–Crippen LogP) is 1.74. The van der Waals surface area contributed by atoms with Crippen LogP contribution in [-0.4, -0.2) is 17.9 Å². The molecule has 0 aromatic heterocycles. The van der Waals surface area contributed by atoms with Crippen LogP contribution < -0.4 is 5.32 Å². The molecule has 0 aromatic rings. The molecule has 66 valence electrons. The van der Waals surface area contributed by atoms with E-state index in [1.165, 1.54) is 0 Å². The fourth-order valence-corrected chi connectivity index (χ4v) is 1.11. The van der Waals surface area contributed by atoms with E-state index in [-0.39, 0.29) is 0 Å². The first-order valence-corrected chi connectivity index (χ1v) is 4.34. The molecule has 1 N–H and O–H groups in total. The van der Waals surface area contributed by atoms with Gasteiger partial charge in [-0.05, 0) is 6.92 Å². The molecule has 0 radical (unpaired) electrons. The van der Waals surface area contributed by atoms with Crippen LogP contribution in [0.2, 0.25) is 0 Å². The highest BCUT2D eigenvalue weighted by molar-refractivity contribution is 5.78. The molecule has 0 fully saturated rings. The summed E-state index contributed by atoms with van der Waals surface area (Å²) in [6.07, 6.45) is 1.32. The fourth-order valence-electron chi connectivity index (χ4n) is 1.11. The van der Waals surface area contributed by atoms with Gasteiger partial charge in [-0.3, -0.25) is 4.79 Å². The maximum Gasteiger partial charge on any atom is 0.134 e. The summed E-state index contributed by atoms with van der Waals surface area (Å²) in [7, 11) is 0. The van der Waals surface area contributed by atoms with Gasteiger partial charge in [0.25, 0.3) is 0 Å². The van der Waals surface area contributed by atoms with Crippen LogP contribution in [0.3, 0.4) is 0 Å². The summed E-state index contributed by atoms with van der Waals surface area (Å²) in [5.74, 6) is 0.339. The SMILES string of the molecule is CCC(=O)CC(C)NC(C)C. The fraction of sp³-hybridized carbons (Fsp3) is 0.889. The Morgan fingerprint density at radius 2 is 1.91 bits per heavy atom. The number of hydrogen-bond donors (Lipinski definition) is 1. The Morgan fingerprint density at radius 1 is 1.36 bits per heavy atom. The highest BCUT2D eigenvalue weighted by Gasteiger charge is 2.07. The van der Waals surface area contributed by atoms with E-state index in [0.29, 0.717) is 30.7 Å². The molecule has 1 atom stereocenters. The maximum atomic E-state index is 11.0. The summed E-state index contributed by atoms with van der Waals surface area (Å²) in [5, 5.41) is 3.29. The van der Waals surface area contributed by atoms with Crippen molar-refractivity contribution in [1.82, 2.24) is 5.32 Å².